The van der Waals surface area contributed by atoms with Crippen LogP contribution in [0.1, 0.15) is 22.7 Å². The highest BCUT2D eigenvalue weighted by atomic mass is 16.6. The van der Waals surface area contributed by atoms with Gasteiger partial charge in [0.15, 0.2) is 11.5 Å². The van der Waals surface area contributed by atoms with Crippen molar-refractivity contribution in [1.82, 2.24) is 4.90 Å². The Labute approximate surface area is 200 Å². The molecule has 5 rings (SSSR count). The van der Waals surface area contributed by atoms with Crippen LogP contribution in [0.3, 0.4) is 0 Å². The Morgan fingerprint density at radius 2 is 1.66 bits per heavy atom. The second-order valence-corrected chi connectivity index (χ2v) is 8.12. The van der Waals surface area contributed by atoms with E-state index in [1.807, 2.05) is 30.3 Å². The first-order valence-corrected chi connectivity index (χ1v) is 10.9. The lowest BCUT2D eigenvalue weighted by atomic mass is 9.95. The van der Waals surface area contributed by atoms with E-state index in [2.05, 4.69) is 0 Å². The van der Waals surface area contributed by atoms with Gasteiger partial charge in [0, 0.05) is 24.2 Å². The van der Waals surface area contributed by atoms with Crippen molar-refractivity contribution in [2.24, 2.45) is 0 Å². The predicted molar refractivity (Wildman–Crippen MR) is 125 cm³/mol. The molecule has 1 N–H and O–H groups in total. The van der Waals surface area contributed by atoms with Crippen molar-refractivity contribution in [3.63, 3.8) is 0 Å². The Morgan fingerprint density at radius 3 is 2.34 bits per heavy atom. The lowest BCUT2D eigenvalue weighted by Gasteiger charge is -2.25. The maximum absolute atomic E-state index is 13.2. The monoisotopic (exact) mass is 472 g/mol. The maximum Gasteiger partial charge on any atom is 0.295 e. The number of nitro benzene ring substituents is 1. The molecule has 35 heavy (non-hydrogen) atoms. The Hall–Kier alpha value is -4.66. The van der Waals surface area contributed by atoms with Gasteiger partial charge in [-0.2, -0.15) is 0 Å². The standard InChI is InChI=1S/C26H20N2O7/c29-24(18-8-11-20-21(14-18)35-13-12-34-20)22-23(17-6-9-19(10-7-17)28(32)33)27(26(31)25(22)30)15-16-4-2-1-3-5-16/h1-11,14,23,29H,12-13,15H2/b24-22+. The number of rotatable bonds is 5. The maximum atomic E-state index is 13.2. The zero-order valence-corrected chi connectivity index (χ0v) is 18.4. The van der Waals surface area contributed by atoms with E-state index in [1.54, 1.807) is 18.2 Å². The van der Waals surface area contributed by atoms with Crippen LogP contribution in [-0.4, -0.2) is 39.8 Å². The van der Waals surface area contributed by atoms with Crippen LogP contribution < -0.4 is 9.47 Å². The van der Waals surface area contributed by atoms with Gasteiger partial charge in [-0.05, 0) is 41.5 Å². The molecule has 2 heterocycles. The highest BCUT2D eigenvalue weighted by Gasteiger charge is 2.46. The Balaban J connectivity index is 1.63. The number of aliphatic hydroxyl groups excluding tert-OH is 1. The van der Waals surface area contributed by atoms with E-state index in [4.69, 9.17) is 9.47 Å². The third-order valence-electron chi connectivity index (χ3n) is 5.97. The molecule has 2 aliphatic heterocycles. The number of nitrogens with zero attached hydrogens (tertiary/aromatic N) is 2. The molecule has 0 bridgehead atoms. The first-order valence-electron chi connectivity index (χ1n) is 10.9. The molecule has 0 spiro atoms. The van der Waals surface area contributed by atoms with E-state index in [9.17, 15) is 24.8 Å². The van der Waals surface area contributed by atoms with Crippen molar-refractivity contribution < 1.29 is 29.1 Å². The number of carbonyl (C=O) groups is 2. The summed E-state index contributed by atoms with van der Waals surface area (Å²) in [5, 5.41) is 22.4. The number of ketones is 1. The normalized spacial score (nSPS) is 18.5. The highest BCUT2D eigenvalue weighted by Crippen LogP contribution is 2.42. The minimum absolute atomic E-state index is 0.100. The average Bonchev–Trinajstić information content (AvgIpc) is 3.13. The molecule has 1 atom stereocenters. The SMILES string of the molecule is O=C1C(=O)N(Cc2ccccc2)C(c2ccc([N+](=O)[O-])cc2)/C1=C(\O)c1ccc2c(c1)OCCO2. The molecular formula is C26H20N2O7. The zero-order chi connectivity index (χ0) is 24.5. The fourth-order valence-corrected chi connectivity index (χ4v) is 4.29. The number of aliphatic hydroxyl groups is 1. The molecule has 9 nitrogen and oxygen atoms in total. The molecule has 176 valence electrons. The number of amides is 1. The molecule has 0 aliphatic carbocycles. The summed E-state index contributed by atoms with van der Waals surface area (Å²) < 4.78 is 11.1. The molecule has 0 radical (unpaired) electrons. The van der Waals surface area contributed by atoms with E-state index in [-0.39, 0.29) is 23.6 Å². The summed E-state index contributed by atoms with van der Waals surface area (Å²) in [6.07, 6.45) is 0. The number of likely N-dealkylation sites (tertiary alicyclic amines) is 1. The van der Waals surface area contributed by atoms with E-state index < -0.39 is 22.7 Å². The molecule has 2 aliphatic rings. The first-order chi connectivity index (χ1) is 16.9. The Bertz CT molecular complexity index is 1350. The number of nitro groups is 1. The minimum Gasteiger partial charge on any atom is -0.507 e. The van der Waals surface area contributed by atoms with Crippen LogP contribution in [-0.2, 0) is 16.1 Å². The quantitative estimate of drug-likeness (QED) is 0.196. The molecule has 1 saturated heterocycles. The van der Waals surface area contributed by atoms with Crippen LogP contribution in [0.2, 0.25) is 0 Å². The van der Waals surface area contributed by atoms with Gasteiger partial charge in [-0.15, -0.1) is 0 Å². The lowest BCUT2D eigenvalue weighted by Crippen LogP contribution is -2.29. The average molecular weight is 472 g/mol. The van der Waals surface area contributed by atoms with E-state index in [0.29, 0.717) is 35.8 Å². The first kappa shape index (κ1) is 22.1. The molecule has 0 saturated carbocycles. The van der Waals surface area contributed by atoms with E-state index >= 15 is 0 Å². The van der Waals surface area contributed by atoms with Crippen molar-refractivity contribution in [2.45, 2.75) is 12.6 Å². The topological polar surface area (TPSA) is 119 Å². The fourth-order valence-electron chi connectivity index (χ4n) is 4.29. The van der Waals surface area contributed by atoms with Gasteiger partial charge in [-0.25, -0.2) is 0 Å². The number of non-ortho nitro benzene ring substituents is 1. The van der Waals surface area contributed by atoms with Gasteiger partial charge in [0.1, 0.15) is 19.0 Å². The number of hydrogen-bond donors (Lipinski definition) is 1. The second kappa shape index (κ2) is 8.94. The van der Waals surface area contributed by atoms with Crippen LogP contribution in [0.25, 0.3) is 5.76 Å². The van der Waals surface area contributed by atoms with Crippen molar-refractivity contribution >= 4 is 23.1 Å². The van der Waals surface area contributed by atoms with E-state index in [1.165, 1.54) is 29.2 Å². The molecule has 3 aromatic carbocycles. The zero-order valence-electron chi connectivity index (χ0n) is 18.4. The molecule has 3 aromatic rings. The van der Waals surface area contributed by atoms with Crippen LogP contribution in [0, 0.1) is 10.1 Å². The molecule has 1 fully saturated rings. The number of ether oxygens (including phenoxy) is 2. The number of benzene rings is 3. The van der Waals surface area contributed by atoms with Gasteiger partial charge < -0.3 is 19.5 Å². The van der Waals surface area contributed by atoms with Gasteiger partial charge in [0.25, 0.3) is 17.4 Å². The second-order valence-electron chi connectivity index (χ2n) is 8.12. The molecule has 1 unspecified atom stereocenters. The summed E-state index contributed by atoms with van der Waals surface area (Å²) in [6, 6.07) is 18.6. The van der Waals surface area contributed by atoms with Gasteiger partial charge in [0.2, 0.25) is 0 Å². The van der Waals surface area contributed by atoms with Gasteiger partial charge in [-0.3, -0.25) is 19.7 Å². The highest BCUT2D eigenvalue weighted by molar-refractivity contribution is 6.46. The summed E-state index contributed by atoms with van der Waals surface area (Å²) in [5.41, 5.74) is 1.32. The Morgan fingerprint density at radius 1 is 0.971 bits per heavy atom. The van der Waals surface area contributed by atoms with Crippen molar-refractivity contribution in [1.29, 1.82) is 0 Å². The van der Waals surface area contributed by atoms with Crippen molar-refractivity contribution in [3.05, 3.63) is 105 Å². The minimum atomic E-state index is -0.941. The van der Waals surface area contributed by atoms with E-state index in [0.717, 1.165) is 5.56 Å². The lowest BCUT2D eigenvalue weighted by molar-refractivity contribution is -0.384. The smallest absolute Gasteiger partial charge is 0.295 e. The van der Waals surface area contributed by atoms with Crippen LogP contribution in [0.15, 0.2) is 78.4 Å². The molecule has 0 aromatic heterocycles. The molecular weight excluding hydrogens is 452 g/mol. The van der Waals surface area contributed by atoms with Gasteiger partial charge >= 0.3 is 0 Å². The molecule has 9 heteroatoms. The number of carbonyl (C=O) groups excluding carboxylic acids is 2. The largest absolute Gasteiger partial charge is 0.507 e. The summed E-state index contributed by atoms with van der Waals surface area (Å²) in [7, 11) is 0. The van der Waals surface area contributed by atoms with Crippen LogP contribution in [0.5, 0.6) is 11.5 Å². The number of fused-ring (bicyclic) bond motifs is 1. The van der Waals surface area contributed by atoms with Gasteiger partial charge in [-0.1, -0.05) is 30.3 Å². The number of hydrogen-bond acceptors (Lipinski definition) is 7. The van der Waals surface area contributed by atoms with Crippen molar-refractivity contribution in [2.75, 3.05) is 13.2 Å². The van der Waals surface area contributed by atoms with Gasteiger partial charge in [0.05, 0.1) is 16.5 Å². The third-order valence-corrected chi connectivity index (χ3v) is 5.97. The summed E-state index contributed by atoms with van der Waals surface area (Å²) in [5.74, 6) is -1.03. The third kappa shape index (κ3) is 4.08. The Kier molecular flexibility index (Phi) is 5.66. The number of Topliss-reactive ketones (excluding diaryl/α,β-unsaturated/α-hetero) is 1. The van der Waals surface area contributed by atoms with Crippen LogP contribution >= 0.6 is 0 Å². The molecule has 1 amide bonds. The van der Waals surface area contributed by atoms with Crippen molar-refractivity contribution in [3.8, 4) is 11.5 Å². The predicted octanol–water partition coefficient (Wildman–Crippen LogP) is 3.99. The van der Waals surface area contributed by atoms with Crippen LogP contribution in [0.4, 0.5) is 5.69 Å². The summed E-state index contributed by atoms with van der Waals surface area (Å²) in [6.45, 7) is 0.871. The summed E-state index contributed by atoms with van der Waals surface area (Å²) >= 11 is 0. The fraction of sp³-hybridized carbons (Fsp3) is 0.154. The summed E-state index contributed by atoms with van der Waals surface area (Å²) in [4.78, 5) is 38.3.